The number of hydrazone groups is 1. The van der Waals surface area contributed by atoms with Crippen LogP contribution in [0.15, 0.2) is 53.8 Å². The number of amidine groups is 1. The number of aromatic nitrogens is 1. The molecule has 80 valence electrons. The molecule has 0 amide bonds. The highest BCUT2D eigenvalue weighted by molar-refractivity contribution is 6.09. The first kappa shape index (κ1) is 9.03. The summed E-state index contributed by atoms with van der Waals surface area (Å²) in [4.78, 5) is 5.30. The molecular weight excluding hydrogens is 200 g/mol. The summed E-state index contributed by atoms with van der Waals surface area (Å²) in [5.74, 6) is 0.927. The molecule has 0 bridgehead atoms. The van der Waals surface area contributed by atoms with Gasteiger partial charge in [-0.15, -0.1) is 0 Å². The molecule has 0 spiro atoms. The van der Waals surface area contributed by atoms with Crippen molar-refractivity contribution in [1.29, 1.82) is 0 Å². The first-order valence-electron chi connectivity index (χ1n) is 5.22. The summed E-state index contributed by atoms with van der Waals surface area (Å²) in [6, 6.07) is 14.2. The zero-order valence-electron chi connectivity index (χ0n) is 8.72. The summed E-state index contributed by atoms with van der Waals surface area (Å²) < 4.78 is 0. The average molecular weight is 212 g/mol. The van der Waals surface area contributed by atoms with Crippen molar-refractivity contribution in [2.45, 2.75) is 0 Å². The average Bonchev–Trinajstić information content (AvgIpc) is 3.01. The van der Waals surface area contributed by atoms with E-state index in [1.54, 1.807) is 0 Å². The molecule has 16 heavy (non-hydrogen) atoms. The molecule has 0 unspecified atom stereocenters. The number of anilines is 1. The fourth-order valence-electron chi connectivity index (χ4n) is 1.81. The molecule has 0 fully saturated rings. The normalized spacial score (nSPS) is 14.8. The van der Waals surface area contributed by atoms with E-state index in [1.807, 2.05) is 36.5 Å². The van der Waals surface area contributed by atoms with Gasteiger partial charge in [0.1, 0.15) is 6.67 Å². The Bertz CT molecular complexity index is 487. The van der Waals surface area contributed by atoms with E-state index in [0.717, 1.165) is 17.2 Å². The molecule has 1 aliphatic rings. The molecule has 1 aromatic heterocycles. The van der Waals surface area contributed by atoms with E-state index in [0.29, 0.717) is 6.67 Å². The van der Waals surface area contributed by atoms with Gasteiger partial charge in [-0.25, -0.2) is 0 Å². The van der Waals surface area contributed by atoms with Gasteiger partial charge in [0.15, 0.2) is 5.84 Å². The highest BCUT2D eigenvalue weighted by Gasteiger charge is 2.20. The van der Waals surface area contributed by atoms with Gasteiger partial charge in [-0.1, -0.05) is 18.2 Å². The maximum absolute atomic E-state index is 4.30. The molecule has 4 heteroatoms. The molecule has 0 atom stereocenters. The van der Waals surface area contributed by atoms with Crippen molar-refractivity contribution in [3.63, 3.8) is 0 Å². The maximum atomic E-state index is 4.30. The van der Waals surface area contributed by atoms with Crippen LogP contribution in [-0.4, -0.2) is 17.5 Å². The number of H-pyrrole nitrogens is 1. The summed E-state index contributed by atoms with van der Waals surface area (Å²) >= 11 is 0. The van der Waals surface area contributed by atoms with Gasteiger partial charge in [-0.2, -0.15) is 5.10 Å². The minimum Gasteiger partial charge on any atom is -0.359 e. The fraction of sp³-hybridized carbons (Fsp3) is 0.0833. The van der Waals surface area contributed by atoms with E-state index in [9.17, 15) is 0 Å². The van der Waals surface area contributed by atoms with Gasteiger partial charge in [-0.05, 0) is 24.3 Å². The van der Waals surface area contributed by atoms with E-state index in [1.165, 1.54) is 0 Å². The van der Waals surface area contributed by atoms with E-state index in [-0.39, 0.29) is 0 Å². The Morgan fingerprint density at radius 2 is 1.94 bits per heavy atom. The van der Waals surface area contributed by atoms with Crippen LogP contribution in [0.2, 0.25) is 0 Å². The second-order valence-electron chi connectivity index (χ2n) is 3.60. The predicted octanol–water partition coefficient (Wildman–Crippen LogP) is 1.74. The Hall–Kier alpha value is -2.23. The van der Waals surface area contributed by atoms with Crippen LogP contribution in [0, 0.1) is 0 Å². The number of rotatable bonds is 2. The van der Waals surface area contributed by atoms with E-state index < -0.39 is 0 Å². The second kappa shape index (κ2) is 3.73. The lowest BCUT2D eigenvalue weighted by Gasteiger charge is -2.18. The quantitative estimate of drug-likeness (QED) is 0.796. The second-order valence-corrected chi connectivity index (χ2v) is 3.60. The third-order valence-electron chi connectivity index (χ3n) is 2.58. The van der Waals surface area contributed by atoms with Crippen molar-refractivity contribution in [2.24, 2.45) is 5.10 Å². The highest BCUT2D eigenvalue weighted by atomic mass is 15.5. The number of para-hydroxylation sites is 1. The summed E-state index contributed by atoms with van der Waals surface area (Å²) in [6.07, 6.45) is 1.90. The maximum Gasteiger partial charge on any atom is 0.178 e. The van der Waals surface area contributed by atoms with Crippen molar-refractivity contribution in [2.75, 3.05) is 11.6 Å². The molecule has 1 aromatic carbocycles. The summed E-state index contributed by atoms with van der Waals surface area (Å²) in [5, 5.41) is 4.30. The summed E-state index contributed by atoms with van der Waals surface area (Å²) in [6.45, 7) is 0.707. The van der Waals surface area contributed by atoms with Gasteiger partial charge in [-0.3, -0.25) is 5.43 Å². The first-order valence-corrected chi connectivity index (χ1v) is 5.22. The molecule has 0 aliphatic carbocycles. The van der Waals surface area contributed by atoms with Crippen LogP contribution in [0.4, 0.5) is 5.69 Å². The predicted molar refractivity (Wildman–Crippen MR) is 64.3 cm³/mol. The van der Waals surface area contributed by atoms with Crippen molar-refractivity contribution in [3.8, 4) is 0 Å². The van der Waals surface area contributed by atoms with Gasteiger partial charge in [0.25, 0.3) is 0 Å². The smallest absolute Gasteiger partial charge is 0.178 e. The van der Waals surface area contributed by atoms with Crippen molar-refractivity contribution < 1.29 is 0 Å². The van der Waals surface area contributed by atoms with E-state index >= 15 is 0 Å². The van der Waals surface area contributed by atoms with E-state index in [2.05, 4.69) is 32.5 Å². The van der Waals surface area contributed by atoms with Crippen LogP contribution in [0.1, 0.15) is 5.69 Å². The zero-order chi connectivity index (χ0) is 10.8. The number of hydrogen-bond donors (Lipinski definition) is 2. The number of aromatic amines is 1. The molecule has 2 N–H and O–H groups in total. The van der Waals surface area contributed by atoms with Crippen LogP contribution in [-0.2, 0) is 0 Å². The number of benzene rings is 1. The number of nitrogens with one attached hydrogen (secondary N) is 2. The van der Waals surface area contributed by atoms with Crippen molar-refractivity contribution >= 4 is 11.5 Å². The molecule has 1 aliphatic heterocycles. The third-order valence-corrected chi connectivity index (χ3v) is 2.58. The molecule has 2 heterocycles. The molecule has 0 saturated carbocycles. The SMILES string of the molecule is c1ccc(N2CNN=C2c2ccc[nH]2)cc1. The Balaban J connectivity index is 1.96. The Morgan fingerprint density at radius 3 is 2.69 bits per heavy atom. The zero-order valence-corrected chi connectivity index (χ0v) is 8.72. The lowest BCUT2D eigenvalue weighted by Crippen LogP contribution is -2.29. The Morgan fingerprint density at radius 1 is 1.06 bits per heavy atom. The van der Waals surface area contributed by atoms with Crippen molar-refractivity contribution in [3.05, 3.63) is 54.4 Å². The minimum atomic E-state index is 0.707. The molecule has 3 rings (SSSR count). The topological polar surface area (TPSA) is 43.4 Å². The van der Waals surface area contributed by atoms with Crippen molar-refractivity contribution in [1.82, 2.24) is 10.4 Å². The number of nitrogens with zero attached hydrogens (tertiary/aromatic N) is 2. The molecule has 0 radical (unpaired) electrons. The fourth-order valence-corrected chi connectivity index (χ4v) is 1.81. The van der Waals surface area contributed by atoms with Gasteiger partial charge < -0.3 is 9.88 Å². The Labute approximate surface area is 93.6 Å². The minimum absolute atomic E-state index is 0.707. The summed E-state index contributed by atoms with van der Waals surface area (Å²) in [7, 11) is 0. The standard InChI is InChI=1S/C12H12N4/c1-2-5-10(6-3-1)16-9-14-15-12(16)11-7-4-8-13-11/h1-8,13-14H,9H2. The molecule has 2 aromatic rings. The lowest BCUT2D eigenvalue weighted by atomic mass is 10.2. The number of hydrogen-bond acceptors (Lipinski definition) is 3. The molecule has 0 saturated heterocycles. The van der Waals surface area contributed by atoms with Crippen LogP contribution >= 0.6 is 0 Å². The highest BCUT2D eigenvalue weighted by Crippen LogP contribution is 2.18. The van der Waals surface area contributed by atoms with Gasteiger partial charge in [0, 0.05) is 11.9 Å². The first-order chi connectivity index (χ1) is 7.95. The van der Waals surface area contributed by atoms with Gasteiger partial charge in [0.05, 0.1) is 5.69 Å². The molecule has 4 nitrogen and oxygen atoms in total. The van der Waals surface area contributed by atoms with Gasteiger partial charge >= 0.3 is 0 Å². The summed E-state index contributed by atoms with van der Waals surface area (Å²) in [5.41, 5.74) is 5.16. The van der Waals surface area contributed by atoms with Crippen LogP contribution in [0.3, 0.4) is 0 Å². The molecular formula is C12H12N4. The van der Waals surface area contributed by atoms with Crippen LogP contribution < -0.4 is 10.3 Å². The third kappa shape index (κ3) is 1.44. The Kier molecular flexibility index (Phi) is 2.11. The van der Waals surface area contributed by atoms with Gasteiger partial charge in [0.2, 0.25) is 0 Å². The van der Waals surface area contributed by atoms with Crippen LogP contribution in [0.25, 0.3) is 0 Å². The largest absolute Gasteiger partial charge is 0.359 e. The lowest BCUT2D eigenvalue weighted by molar-refractivity contribution is 0.807. The monoisotopic (exact) mass is 212 g/mol. The van der Waals surface area contributed by atoms with Crippen LogP contribution in [0.5, 0.6) is 0 Å². The van der Waals surface area contributed by atoms with E-state index in [4.69, 9.17) is 0 Å².